The molecule has 64 heavy (non-hydrogen) atoms. The molecule has 0 aliphatic rings. The number of nitrogens with zero attached hydrogens (tertiary/aromatic N) is 14. The molecule has 15 heteroatoms. The second kappa shape index (κ2) is 18.6. The maximum Gasteiger partial charge on any atom is 3.00 e. The van der Waals surface area contributed by atoms with Crippen LogP contribution in [0.2, 0.25) is 0 Å². The summed E-state index contributed by atoms with van der Waals surface area (Å²) in [7, 11) is 0. The summed E-state index contributed by atoms with van der Waals surface area (Å²) < 4.78 is 6.09. The zero-order valence-corrected chi connectivity index (χ0v) is 37.9. The molecule has 0 saturated carbocycles. The van der Waals surface area contributed by atoms with E-state index in [-0.39, 0.29) is 20.1 Å². The zero-order valence-electron chi connectivity index (χ0n) is 35.5. The Bertz CT molecular complexity index is 2810. The van der Waals surface area contributed by atoms with Crippen LogP contribution in [0.3, 0.4) is 0 Å². The summed E-state index contributed by atoms with van der Waals surface area (Å²) in [6.45, 7) is 6.25. The fourth-order valence-electron chi connectivity index (χ4n) is 8.06. The molecule has 4 aromatic carbocycles. The molecule has 0 amide bonds. The van der Waals surface area contributed by atoms with Crippen molar-refractivity contribution in [3.05, 3.63) is 185 Å². The molecule has 0 unspecified atom stereocenters. The first-order valence-electron chi connectivity index (χ1n) is 21.1. The topological polar surface area (TPSA) is 160 Å². The third-order valence-corrected chi connectivity index (χ3v) is 11.3. The van der Waals surface area contributed by atoms with Gasteiger partial charge in [-0.3, -0.25) is 13.7 Å². The van der Waals surface area contributed by atoms with Crippen molar-refractivity contribution in [1.82, 2.24) is 69.0 Å². The Morgan fingerprint density at radius 3 is 1.25 bits per heavy atom. The van der Waals surface area contributed by atoms with Crippen LogP contribution in [-0.4, -0.2) is 54.0 Å². The predicted molar refractivity (Wildman–Crippen MR) is 239 cm³/mol. The molecule has 0 saturated heterocycles. The van der Waals surface area contributed by atoms with Gasteiger partial charge in [0.05, 0.1) is 11.6 Å². The number of benzene rings is 4. The van der Waals surface area contributed by atoms with Crippen molar-refractivity contribution in [2.24, 2.45) is 0 Å². The summed E-state index contributed by atoms with van der Waals surface area (Å²) >= 11 is 0. The molecule has 0 aliphatic heterocycles. The van der Waals surface area contributed by atoms with Crippen LogP contribution in [-0.2, 0) is 58.6 Å². The Kier molecular flexibility index (Phi) is 12.2. The van der Waals surface area contributed by atoms with Gasteiger partial charge in [-0.2, -0.15) is 0 Å². The van der Waals surface area contributed by atoms with Gasteiger partial charge in [-0.15, -0.1) is 0 Å². The summed E-state index contributed by atoms with van der Waals surface area (Å²) in [5.74, 6) is 5.23. The Labute approximate surface area is 383 Å². The van der Waals surface area contributed by atoms with Gasteiger partial charge in [0.15, 0.2) is 0 Å². The smallest absolute Gasteiger partial charge is 0.446 e. The first kappa shape index (κ1) is 42.0. The standard InChI is InChI=1S/C49H43N14.Ir/c1-32-10-4-7-13-39(32)61-25-22-50-47(61)38-31-53-42(54-38)19-16-35-28-36(17-20-43-55-45(59-57-43)48-51-23-26-62(48)40-14-8-5-11-33(40)2)30-37(29-35)18-21-44-56-46(60-58-44)49-52-24-27-63(49)41-15-9-6-12-34(41)3;/h4-15,22-31H,16-21H2,1-3H3;/q-3;+3. The Morgan fingerprint density at radius 2 is 0.812 bits per heavy atom. The molecule has 0 radical (unpaired) electrons. The van der Waals surface area contributed by atoms with E-state index in [0.29, 0.717) is 54.2 Å². The fraction of sp³-hybridized carbons (Fsp3) is 0.184. The Morgan fingerprint density at radius 1 is 0.422 bits per heavy atom. The van der Waals surface area contributed by atoms with E-state index in [1.807, 2.05) is 70.3 Å². The molecular formula is C49H43IrN14. The van der Waals surface area contributed by atoms with E-state index in [0.717, 1.165) is 70.4 Å². The van der Waals surface area contributed by atoms with Crippen LogP contribution in [0.1, 0.15) is 50.9 Å². The molecule has 14 nitrogen and oxygen atoms in total. The van der Waals surface area contributed by atoms with Gasteiger partial charge in [0.25, 0.3) is 0 Å². The van der Waals surface area contributed by atoms with Crippen molar-refractivity contribution in [2.75, 3.05) is 0 Å². The summed E-state index contributed by atoms with van der Waals surface area (Å²) in [5.41, 5.74) is 10.9. The third-order valence-electron chi connectivity index (χ3n) is 11.3. The van der Waals surface area contributed by atoms with Gasteiger partial charge in [0.1, 0.15) is 17.5 Å². The number of para-hydroxylation sites is 3. The molecule has 0 fully saturated rings. The molecule has 318 valence electrons. The van der Waals surface area contributed by atoms with E-state index >= 15 is 0 Å². The van der Waals surface area contributed by atoms with Gasteiger partial charge in [-0.1, -0.05) is 84.8 Å². The minimum atomic E-state index is 0. The van der Waals surface area contributed by atoms with E-state index in [9.17, 15) is 0 Å². The van der Waals surface area contributed by atoms with Crippen molar-refractivity contribution < 1.29 is 20.1 Å². The quantitative estimate of drug-likeness (QED) is 0.101. The summed E-state index contributed by atoms with van der Waals surface area (Å²) in [5, 5.41) is 17.9. The van der Waals surface area contributed by atoms with Crippen LogP contribution in [0, 0.1) is 20.8 Å². The van der Waals surface area contributed by atoms with Gasteiger partial charge in [-0.25, -0.2) is 15.0 Å². The van der Waals surface area contributed by atoms with E-state index in [1.165, 1.54) is 16.7 Å². The van der Waals surface area contributed by atoms with Crippen molar-refractivity contribution >= 4 is 0 Å². The van der Waals surface area contributed by atoms with Crippen LogP contribution in [0.25, 0.3) is 51.9 Å². The fourth-order valence-corrected chi connectivity index (χ4v) is 8.06. The van der Waals surface area contributed by atoms with Crippen LogP contribution in [0.4, 0.5) is 0 Å². The van der Waals surface area contributed by atoms with Crippen molar-refractivity contribution in [2.45, 2.75) is 59.3 Å². The van der Waals surface area contributed by atoms with Gasteiger partial charge < -0.3 is 40.3 Å². The monoisotopic (exact) mass is 1020 g/mol. The van der Waals surface area contributed by atoms with Crippen molar-refractivity contribution in [1.29, 1.82) is 0 Å². The van der Waals surface area contributed by atoms with E-state index < -0.39 is 0 Å². The van der Waals surface area contributed by atoms with Crippen LogP contribution in [0.15, 0.2) is 134 Å². The van der Waals surface area contributed by atoms with Crippen LogP contribution in [0.5, 0.6) is 0 Å². The van der Waals surface area contributed by atoms with Crippen LogP contribution >= 0.6 is 0 Å². The number of aromatic nitrogens is 14. The van der Waals surface area contributed by atoms with E-state index in [1.54, 1.807) is 18.6 Å². The minimum absolute atomic E-state index is 0. The SMILES string of the molecule is Cc1ccccc1-n1ccnc1-c1cnc(CCc2cc(CCc3nnc(-c4nccn4-c4ccccc4C)[n-]3)cc(CCc3nnc(-c4nccn4-c4ccccc4C)[n-]3)c2)[n-]1.[Ir+3]. The average Bonchev–Trinajstić information content (AvgIpc) is 4.16. The Balaban J connectivity index is 0.00000518. The second-order valence-corrected chi connectivity index (χ2v) is 15.7. The molecule has 0 aliphatic carbocycles. The number of imidazole rings is 4. The molecule has 6 heterocycles. The third kappa shape index (κ3) is 8.81. The molecule has 10 aromatic rings. The molecular weight excluding hydrogens is 977 g/mol. The minimum Gasteiger partial charge on any atom is -0.446 e. The summed E-state index contributed by atoms with van der Waals surface area (Å²) in [6, 6.07) is 31.4. The van der Waals surface area contributed by atoms with Crippen LogP contribution < -0.4 is 15.0 Å². The van der Waals surface area contributed by atoms with E-state index in [2.05, 4.69) is 115 Å². The van der Waals surface area contributed by atoms with Gasteiger partial charge in [0.2, 0.25) is 0 Å². The number of hydrogen-bond donors (Lipinski definition) is 0. The first-order valence-corrected chi connectivity index (χ1v) is 21.1. The van der Waals surface area contributed by atoms with E-state index in [4.69, 9.17) is 19.9 Å². The molecule has 0 atom stereocenters. The number of hydrogen-bond acceptors (Lipinski definition) is 8. The maximum atomic E-state index is 4.93. The molecule has 0 spiro atoms. The largest absolute Gasteiger partial charge is 3.00 e. The van der Waals surface area contributed by atoms with Crippen molar-refractivity contribution in [3.63, 3.8) is 0 Å². The Hall–Kier alpha value is -7.35. The maximum absolute atomic E-state index is 4.93. The normalized spacial score (nSPS) is 11.3. The first-order chi connectivity index (χ1) is 30.9. The molecule has 0 N–H and O–H groups in total. The van der Waals surface area contributed by atoms with Crippen molar-refractivity contribution in [3.8, 4) is 51.9 Å². The van der Waals surface area contributed by atoms with Gasteiger partial charge >= 0.3 is 20.1 Å². The molecule has 10 rings (SSSR count). The van der Waals surface area contributed by atoms with Gasteiger partial charge in [0, 0.05) is 54.2 Å². The van der Waals surface area contributed by atoms with Gasteiger partial charge in [-0.05, 0) is 128 Å². The average molecular weight is 1020 g/mol. The molecule has 6 aromatic heterocycles. The second-order valence-electron chi connectivity index (χ2n) is 15.7. The zero-order chi connectivity index (χ0) is 42.7. The summed E-state index contributed by atoms with van der Waals surface area (Å²) in [6.07, 6.45) is 17.1. The summed E-state index contributed by atoms with van der Waals surface area (Å²) in [4.78, 5) is 33.1. The number of aryl methyl sites for hydroxylation is 9. The molecule has 0 bridgehead atoms. The predicted octanol–water partition coefficient (Wildman–Crippen LogP) is 7.37. The number of rotatable bonds is 15.